The molecule has 0 aromatic heterocycles. The van der Waals surface area contributed by atoms with Crippen molar-refractivity contribution in [1.29, 1.82) is 0 Å². The van der Waals surface area contributed by atoms with E-state index in [4.69, 9.17) is 0 Å². The number of methoxy groups -OCH3 is 2. The third-order valence-corrected chi connectivity index (χ3v) is 3.40. The lowest BCUT2D eigenvalue weighted by atomic mass is 10.1. The molecule has 0 saturated carbocycles. The summed E-state index contributed by atoms with van der Waals surface area (Å²) in [5.74, 6) is -4.13. The number of amides is 2. The van der Waals surface area contributed by atoms with E-state index in [9.17, 15) is 23.6 Å². The first kappa shape index (κ1) is 19.6. The number of esters is 2. The summed E-state index contributed by atoms with van der Waals surface area (Å²) < 4.78 is 22.1. The summed E-state index contributed by atoms with van der Waals surface area (Å²) in [6, 6.07) is 8.53. The molecule has 9 heteroatoms. The first-order valence-corrected chi connectivity index (χ1v) is 7.54. The largest absolute Gasteiger partial charge is 0.465 e. The molecule has 0 fully saturated rings. The van der Waals surface area contributed by atoms with Gasteiger partial charge in [0.1, 0.15) is 5.82 Å². The minimum atomic E-state index is -1.11. The van der Waals surface area contributed by atoms with Gasteiger partial charge in [-0.05, 0) is 42.5 Å². The highest BCUT2D eigenvalue weighted by Gasteiger charge is 2.20. The number of anilines is 2. The van der Waals surface area contributed by atoms with Crippen molar-refractivity contribution in [2.45, 2.75) is 0 Å². The van der Waals surface area contributed by atoms with Crippen LogP contribution in [0.25, 0.3) is 0 Å². The van der Waals surface area contributed by atoms with Crippen LogP contribution in [0.2, 0.25) is 0 Å². The third-order valence-electron chi connectivity index (χ3n) is 3.40. The lowest BCUT2D eigenvalue weighted by Gasteiger charge is -2.11. The number of rotatable bonds is 4. The van der Waals surface area contributed by atoms with Gasteiger partial charge in [-0.25, -0.2) is 14.0 Å². The third kappa shape index (κ3) is 4.88. The predicted octanol–water partition coefficient (Wildman–Crippen LogP) is 1.98. The monoisotopic (exact) mass is 374 g/mol. The Hall–Kier alpha value is -3.75. The van der Waals surface area contributed by atoms with Gasteiger partial charge in [-0.1, -0.05) is 0 Å². The van der Waals surface area contributed by atoms with Gasteiger partial charge in [-0.3, -0.25) is 9.59 Å². The molecule has 2 rings (SSSR count). The average Bonchev–Trinajstić information content (AvgIpc) is 2.68. The van der Waals surface area contributed by atoms with Crippen molar-refractivity contribution in [3.8, 4) is 0 Å². The fourth-order valence-electron chi connectivity index (χ4n) is 2.08. The Morgan fingerprint density at radius 3 is 2.00 bits per heavy atom. The number of carbonyl (C=O) groups excluding carboxylic acids is 4. The summed E-state index contributed by atoms with van der Waals surface area (Å²) in [6.07, 6.45) is 0. The van der Waals surface area contributed by atoms with E-state index in [0.717, 1.165) is 19.2 Å². The summed E-state index contributed by atoms with van der Waals surface area (Å²) >= 11 is 0. The number of hydrogen-bond acceptors (Lipinski definition) is 6. The van der Waals surface area contributed by atoms with Crippen LogP contribution < -0.4 is 10.6 Å². The lowest BCUT2D eigenvalue weighted by Crippen LogP contribution is -2.30. The molecule has 0 heterocycles. The van der Waals surface area contributed by atoms with E-state index in [0.29, 0.717) is 0 Å². The Labute approximate surface area is 153 Å². The Morgan fingerprint density at radius 1 is 0.815 bits per heavy atom. The molecule has 0 saturated heterocycles. The molecule has 0 aliphatic heterocycles. The first-order chi connectivity index (χ1) is 12.8. The van der Waals surface area contributed by atoms with Crippen molar-refractivity contribution < 1.29 is 33.0 Å². The molecule has 0 bridgehead atoms. The van der Waals surface area contributed by atoms with E-state index in [1.807, 2.05) is 0 Å². The Kier molecular flexibility index (Phi) is 6.21. The molecule has 27 heavy (non-hydrogen) atoms. The number of ether oxygens (including phenoxy) is 2. The molecule has 0 radical (unpaired) electrons. The zero-order chi connectivity index (χ0) is 20.0. The molecular weight excluding hydrogens is 359 g/mol. The van der Waals surface area contributed by atoms with Gasteiger partial charge in [0.05, 0.1) is 31.0 Å². The SMILES string of the molecule is COC(=O)c1ccc(C(=O)OC)c(NC(=O)C(=O)Nc2ccc(F)cc2)c1. The van der Waals surface area contributed by atoms with Crippen LogP contribution in [0.1, 0.15) is 20.7 Å². The van der Waals surface area contributed by atoms with Crippen molar-refractivity contribution in [3.05, 3.63) is 59.4 Å². The second-order valence-electron chi connectivity index (χ2n) is 5.16. The van der Waals surface area contributed by atoms with Crippen LogP contribution in [0.5, 0.6) is 0 Å². The topological polar surface area (TPSA) is 111 Å². The van der Waals surface area contributed by atoms with E-state index in [1.54, 1.807) is 0 Å². The highest BCUT2D eigenvalue weighted by molar-refractivity contribution is 6.44. The van der Waals surface area contributed by atoms with Crippen LogP contribution in [0.15, 0.2) is 42.5 Å². The molecule has 8 nitrogen and oxygen atoms in total. The molecule has 0 atom stereocenters. The van der Waals surface area contributed by atoms with Crippen molar-refractivity contribution in [3.63, 3.8) is 0 Å². The lowest BCUT2D eigenvalue weighted by molar-refractivity contribution is -0.133. The van der Waals surface area contributed by atoms with E-state index >= 15 is 0 Å². The Balaban J connectivity index is 2.23. The molecule has 0 aliphatic carbocycles. The highest BCUT2D eigenvalue weighted by atomic mass is 19.1. The van der Waals surface area contributed by atoms with Crippen LogP contribution >= 0.6 is 0 Å². The number of hydrogen-bond donors (Lipinski definition) is 2. The average molecular weight is 374 g/mol. The van der Waals surface area contributed by atoms with Crippen molar-refractivity contribution in [1.82, 2.24) is 0 Å². The summed E-state index contributed by atoms with van der Waals surface area (Å²) in [5.41, 5.74) is 0.0875. The quantitative estimate of drug-likeness (QED) is 0.625. The normalized spacial score (nSPS) is 9.89. The van der Waals surface area contributed by atoms with Crippen LogP contribution in [0.3, 0.4) is 0 Å². The molecule has 2 N–H and O–H groups in total. The number of nitrogens with one attached hydrogen (secondary N) is 2. The van der Waals surface area contributed by atoms with Gasteiger partial charge in [0.15, 0.2) is 0 Å². The molecule has 0 unspecified atom stereocenters. The fraction of sp³-hybridized carbons (Fsp3) is 0.111. The minimum absolute atomic E-state index is 0.0550. The Bertz CT molecular complexity index is 895. The summed E-state index contributed by atoms with van der Waals surface area (Å²) in [4.78, 5) is 47.6. The predicted molar refractivity (Wildman–Crippen MR) is 92.8 cm³/mol. The van der Waals surface area contributed by atoms with Gasteiger partial charge in [0, 0.05) is 5.69 Å². The summed E-state index contributed by atoms with van der Waals surface area (Å²) in [6.45, 7) is 0. The molecule has 2 aromatic rings. The van der Waals surface area contributed by atoms with Crippen LogP contribution in [0, 0.1) is 5.82 Å². The Morgan fingerprint density at radius 2 is 1.41 bits per heavy atom. The molecule has 2 amide bonds. The highest BCUT2D eigenvalue weighted by Crippen LogP contribution is 2.20. The minimum Gasteiger partial charge on any atom is -0.465 e. The van der Waals surface area contributed by atoms with Gasteiger partial charge >= 0.3 is 23.8 Å². The summed E-state index contributed by atoms with van der Waals surface area (Å²) in [7, 11) is 2.31. The van der Waals surface area contributed by atoms with E-state index < -0.39 is 29.6 Å². The van der Waals surface area contributed by atoms with Crippen molar-refractivity contribution >= 4 is 35.1 Å². The summed E-state index contributed by atoms with van der Waals surface area (Å²) in [5, 5.41) is 4.52. The van der Waals surface area contributed by atoms with E-state index in [2.05, 4.69) is 20.1 Å². The number of benzene rings is 2. The second kappa shape index (κ2) is 8.56. The zero-order valence-electron chi connectivity index (χ0n) is 14.4. The number of carbonyl (C=O) groups is 4. The van der Waals surface area contributed by atoms with Gasteiger partial charge in [0.25, 0.3) is 0 Å². The maximum atomic E-state index is 12.9. The standard InChI is InChI=1S/C18H15FN2O6/c1-26-17(24)10-3-8-13(18(25)27-2)14(9-10)21-16(23)15(22)20-12-6-4-11(19)5-7-12/h3-9H,1-2H3,(H,20,22)(H,21,23). The van der Waals surface area contributed by atoms with Crippen molar-refractivity contribution in [2.75, 3.05) is 24.9 Å². The van der Waals surface area contributed by atoms with Gasteiger partial charge < -0.3 is 20.1 Å². The van der Waals surface area contributed by atoms with Crippen LogP contribution in [-0.4, -0.2) is 38.0 Å². The van der Waals surface area contributed by atoms with E-state index in [-0.39, 0.29) is 22.5 Å². The van der Waals surface area contributed by atoms with Gasteiger partial charge in [-0.2, -0.15) is 0 Å². The maximum Gasteiger partial charge on any atom is 0.339 e. The smallest absolute Gasteiger partial charge is 0.339 e. The van der Waals surface area contributed by atoms with Crippen molar-refractivity contribution in [2.24, 2.45) is 0 Å². The molecule has 0 spiro atoms. The van der Waals surface area contributed by atoms with Crippen LogP contribution in [-0.2, 0) is 19.1 Å². The first-order valence-electron chi connectivity index (χ1n) is 7.54. The molecule has 140 valence electrons. The van der Waals surface area contributed by atoms with Gasteiger partial charge in [-0.15, -0.1) is 0 Å². The molecular formula is C18H15FN2O6. The molecule has 0 aliphatic rings. The van der Waals surface area contributed by atoms with E-state index in [1.165, 1.54) is 37.4 Å². The second-order valence-corrected chi connectivity index (χ2v) is 5.16. The van der Waals surface area contributed by atoms with Crippen LogP contribution in [0.4, 0.5) is 15.8 Å². The maximum absolute atomic E-state index is 12.9. The molecule has 2 aromatic carbocycles. The zero-order valence-corrected chi connectivity index (χ0v) is 14.4. The number of halogens is 1. The van der Waals surface area contributed by atoms with Gasteiger partial charge in [0.2, 0.25) is 0 Å². The fourth-order valence-corrected chi connectivity index (χ4v) is 2.08.